The molecule has 0 atom stereocenters. The number of hydrogen-bond acceptors (Lipinski definition) is 5. The molecule has 78 valence electrons. The number of rotatable bonds is 4. The number of nitrogens with one attached hydrogen (secondary N) is 1. The predicted octanol–water partition coefficient (Wildman–Crippen LogP) is -0.0598. The summed E-state index contributed by atoms with van der Waals surface area (Å²) in [5.41, 5.74) is 0.0501. The molecule has 0 amide bonds. The van der Waals surface area contributed by atoms with Crippen molar-refractivity contribution in [3.63, 3.8) is 0 Å². The van der Waals surface area contributed by atoms with Gasteiger partial charge >= 0.3 is 0 Å². The number of aromatic nitrogens is 2. The average molecular weight is 197 g/mol. The van der Waals surface area contributed by atoms with Crippen molar-refractivity contribution in [1.82, 2.24) is 9.97 Å². The van der Waals surface area contributed by atoms with E-state index in [-0.39, 0.29) is 13.2 Å². The first-order valence-electron chi connectivity index (χ1n) is 4.39. The van der Waals surface area contributed by atoms with Crippen LogP contribution in [0.25, 0.3) is 0 Å². The van der Waals surface area contributed by atoms with Crippen LogP contribution < -0.4 is 5.32 Å². The SMILES string of the molecule is Cc1ccnc(NC(C)(CO)CO)n1. The molecule has 0 aliphatic heterocycles. The molecule has 0 radical (unpaired) electrons. The second-order valence-corrected chi connectivity index (χ2v) is 3.52. The zero-order valence-corrected chi connectivity index (χ0v) is 8.36. The molecule has 14 heavy (non-hydrogen) atoms. The van der Waals surface area contributed by atoms with Crippen LogP contribution in [0.4, 0.5) is 5.95 Å². The molecule has 1 aromatic rings. The van der Waals surface area contributed by atoms with Crippen LogP contribution >= 0.6 is 0 Å². The fourth-order valence-electron chi connectivity index (χ4n) is 0.908. The molecule has 5 nitrogen and oxygen atoms in total. The van der Waals surface area contributed by atoms with Gasteiger partial charge < -0.3 is 15.5 Å². The molecule has 0 saturated carbocycles. The van der Waals surface area contributed by atoms with Crippen molar-refractivity contribution in [3.8, 4) is 0 Å². The van der Waals surface area contributed by atoms with Gasteiger partial charge in [-0.25, -0.2) is 9.97 Å². The molecule has 0 aliphatic carbocycles. The highest BCUT2D eigenvalue weighted by atomic mass is 16.3. The Bertz CT molecular complexity index is 300. The molecule has 3 N–H and O–H groups in total. The molecule has 5 heteroatoms. The lowest BCUT2D eigenvalue weighted by Gasteiger charge is -2.25. The summed E-state index contributed by atoms with van der Waals surface area (Å²) in [6, 6.07) is 1.78. The minimum atomic E-state index is -0.784. The third kappa shape index (κ3) is 2.65. The quantitative estimate of drug-likeness (QED) is 0.630. The first-order valence-corrected chi connectivity index (χ1v) is 4.39. The van der Waals surface area contributed by atoms with Crippen LogP contribution in [-0.2, 0) is 0 Å². The number of aliphatic hydroxyl groups excluding tert-OH is 2. The molecule has 1 aromatic heterocycles. The normalized spacial score (nSPS) is 11.4. The van der Waals surface area contributed by atoms with E-state index in [2.05, 4.69) is 15.3 Å². The first-order chi connectivity index (χ1) is 6.59. The summed E-state index contributed by atoms with van der Waals surface area (Å²) < 4.78 is 0. The van der Waals surface area contributed by atoms with Crippen molar-refractivity contribution in [2.75, 3.05) is 18.5 Å². The van der Waals surface area contributed by atoms with Crippen LogP contribution in [0, 0.1) is 6.92 Å². The number of aliphatic hydroxyl groups is 2. The topological polar surface area (TPSA) is 78.3 Å². The van der Waals surface area contributed by atoms with Crippen molar-refractivity contribution in [1.29, 1.82) is 0 Å². The molecule has 0 bridgehead atoms. The van der Waals surface area contributed by atoms with E-state index < -0.39 is 5.54 Å². The lowest BCUT2D eigenvalue weighted by atomic mass is 10.1. The van der Waals surface area contributed by atoms with E-state index in [1.54, 1.807) is 19.2 Å². The minimum absolute atomic E-state index is 0.180. The third-order valence-corrected chi connectivity index (χ3v) is 1.91. The van der Waals surface area contributed by atoms with Crippen molar-refractivity contribution >= 4 is 5.95 Å². The van der Waals surface area contributed by atoms with Crippen molar-refractivity contribution in [2.24, 2.45) is 0 Å². The lowest BCUT2D eigenvalue weighted by Crippen LogP contribution is -2.43. The van der Waals surface area contributed by atoms with E-state index in [0.29, 0.717) is 5.95 Å². The lowest BCUT2D eigenvalue weighted by molar-refractivity contribution is 0.147. The van der Waals surface area contributed by atoms with E-state index in [1.807, 2.05) is 6.92 Å². The largest absolute Gasteiger partial charge is 0.394 e. The summed E-state index contributed by atoms with van der Waals surface area (Å²) >= 11 is 0. The van der Waals surface area contributed by atoms with Crippen LogP contribution in [0.3, 0.4) is 0 Å². The Labute approximate surface area is 82.8 Å². The Morgan fingerprint density at radius 3 is 2.57 bits per heavy atom. The highest BCUT2D eigenvalue weighted by Gasteiger charge is 2.22. The van der Waals surface area contributed by atoms with Gasteiger partial charge in [0.2, 0.25) is 5.95 Å². The third-order valence-electron chi connectivity index (χ3n) is 1.91. The van der Waals surface area contributed by atoms with Gasteiger partial charge in [0, 0.05) is 11.9 Å². The molecular formula is C9H15N3O2. The van der Waals surface area contributed by atoms with Gasteiger partial charge in [-0.3, -0.25) is 0 Å². The zero-order valence-electron chi connectivity index (χ0n) is 8.36. The second-order valence-electron chi connectivity index (χ2n) is 3.52. The van der Waals surface area contributed by atoms with Gasteiger partial charge in [-0.1, -0.05) is 0 Å². The van der Waals surface area contributed by atoms with Gasteiger partial charge in [-0.05, 0) is 19.9 Å². The van der Waals surface area contributed by atoms with Crippen LogP contribution in [-0.4, -0.2) is 38.9 Å². The van der Waals surface area contributed by atoms with Gasteiger partial charge in [-0.2, -0.15) is 0 Å². The average Bonchev–Trinajstić information content (AvgIpc) is 2.18. The van der Waals surface area contributed by atoms with Gasteiger partial charge in [0.15, 0.2) is 0 Å². The van der Waals surface area contributed by atoms with E-state index in [0.717, 1.165) is 5.69 Å². The van der Waals surface area contributed by atoms with Crippen LogP contribution in [0.1, 0.15) is 12.6 Å². The maximum atomic E-state index is 9.04. The summed E-state index contributed by atoms with van der Waals surface area (Å²) in [5, 5.41) is 20.9. The Kier molecular flexibility index (Phi) is 3.38. The Hall–Kier alpha value is -1.20. The summed E-state index contributed by atoms with van der Waals surface area (Å²) in [5.74, 6) is 0.413. The van der Waals surface area contributed by atoms with E-state index in [1.165, 1.54) is 0 Å². The molecule has 0 aromatic carbocycles. The smallest absolute Gasteiger partial charge is 0.223 e. The molecule has 0 unspecified atom stereocenters. The van der Waals surface area contributed by atoms with Crippen LogP contribution in [0.15, 0.2) is 12.3 Å². The molecule has 1 heterocycles. The first kappa shape index (κ1) is 10.9. The highest BCUT2D eigenvalue weighted by molar-refractivity contribution is 5.29. The number of nitrogens with zero attached hydrogens (tertiary/aromatic N) is 2. The molecule has 0 fully saturated rings. The fourth-order valence-corrected chi connectivity index (χ4v) is 0.908. The molecule has 1 rings (SSSR count). The van der Waals surface area contributed by atoms with Gasteiger partial charge in [0.1, 0.15) is 0 Å². The maximum Gasteiger partial charge on any atom is 0.223 e. The van der Waals surface area contributed by atoms with E-state index >= 15 is 0 Å². The summed E-state index contributed by atoms with van der Waals surface area (Å²) in [4.78, 5) is 8.09. The molecule has 0 aliphatic rings. The van der Waals surface area contributed by atoms with Crippen molar-refractivity contribution in [2.45, 2.75) is 19.4 Å². The summed E-state index contributed by atoms with van der Waals surface area (Å²) in [6.45, 7) is 3.18. The molecular weight excluding hydrogens is 182 g/mol. The van der Waals surface area contributed by atoms with E-state index in [4.69, 9.17) is 10.2 Å². The van der Waals surface area contributed by atoms with Crippen molar-refractivity contribution in [3.05, 3.63) is 18.0 Å². The Morgan fingerprint density at radius 1 is 1.43 bits per heavy atom. The number of hydrogen-bond donors (Lipinski definition) is 3. The van der Waals surface area contributed by atoms with Crippen LogP contribution in [0.5, 0.6) is 0 Å². The molecule has 0 spiro atoms. The Morgan fingerprint density at radius 2 is 2.07 bits per heavy atom. The fraction of sp³-hybridized carbons (Fsp3) is 0.556. The monoisotopic (exact) mass is 197 g/mol. The van der Waals surface area contributed by atoms with Gasteiger partial charge in [0.05, 0.1) is 18.8 Å². The van der Waals surface area contributed by atoms with Gasteiger partial charge in [-0.15, -0.1) is 0 Å². The maximum absolute atomic E-state index is 9.04. The highest BCUT2D eigenvalue weighted by Crippen LogP contribution is 2.09. The predicted molar refractivity (Wildman–Crippen MR) is 53.0 cm³/mol. The summed E-state index contributed by atoms with van der Waals surface area (Å²) in [6.07, 6.45) is 1.62. The summed E-state index contributed by atoms with van der Waals surface area (Å²) in [7, 11) is 0. The zero-order chi connectivity index (χ0) is 10.6. The number of anilines is 1. The van der Waals surface area contributed by atoms with Crippen LogP contribution in [0.2, 0.25) is 0 Å². The second kappa shape index (κ2) is 4.34. The number of aryl methyl sites for hydroxylation is 1. The van der Waals surface area contributed by atoms with Crippen molar-refractivity contribution < 1.29 is 10.2 Å². The Balaban J connectivity index is 2.77. The standard InChI is InChI=1S/C9H15N3O2/c1-7-3-4-10-8(11-7)12-9(2,5-13)6-14/h3-4,13-14H,5-6H2,1-2H3,(H,10,11,12). The molecule has 0 saturated heterocycles. The van der Waals surface area contributed by atoms with Gasteiger partial charge in [0.25, 0.3) is 0 Å². The van der Waals surface area contributed by atoms with E-state index in [9.17, 15) is 0 Å². The minimum Gasteiger partial charge on any atom is -0.394 e.